The molecule has 1 N–H and O–H groups in total. The number of rotatable bonds is 1. The molecule has 2 nitrogen and oxygen atoms in total. The Kier molecular flexibility index (Phi) is 2.47. The molecule has 1 aliphatic carbocycles. The van der Waals surface area contributed by atoms with E-state index < -0.39 is 0 Å². The number of hydrogen-bond donors (Lipinski definition) is 1. The van der Waals surface area contributed by atoms with Gasteiger partial charge >= 0.3 is 0 Å². The number of ether oxygens (including phenoxy) is 1. The molecule has 1 heterocycles. The van der Waals surface area contributed by atoms with Crippen molar-refractivity contribution < 1.29 is 4.74 Å². The van der Waals surface area contributed by atoms with Gasteiger partial charge in [-0.1, -0.05) is 43.2 Å². The molecule has 3 rings (SSSR count). The molecule has 2 aliphatic rings. The Balaban J connectivity index is 1.75. The summed E-state index contributed by atoms with van der Waals surface area (Å²) in [6.07, 6.45) is 5.74. The van der Waals surface area contributed by atoms with Crippen molar-refractivity contribution in [3.8, 4) is 0 Å². The largest absolute Gasteiger partial charge is 0.354 e. The van der Waals surface area contributed by atoms with Crippen LogP contribution in [0.2, 0.25) is 0 Å². The highest BCUT2D eigenvalue weighted by Crippen LogP contribution is 2.32. The maximum Gasteiger partial charge on any atom is 0.135 e. The minimum atomic E-state index is 0.124. The second-order valence-electron chi connectivity index (χ2n) is 4.52. The highest BCUT2D eigenvalue weighted by Gasteiger charge is 2.36. The van der Waals surface area contributed by atoms with Gasteiger partial charge in [0.05, 0.1) is 6.10 Å². The summed E-state index contributed by atoms with van der Waals surface area (Å²) in [6.45, 7) is 0. The highest BCUT2D eigenvalue weighted by atomic mass is 16.5. The van der Waals surface area contributed by atoms with Crippen LogP contribution in [0.4, 0.5) is 0 Å². The Labute approximate surface area is 90.6 Å². The molecule has 0 radical (unpaired) electrons. The van der Waals surface area contributed by atoms with Gasteiger partial charge in [-0.3, -0.25) is 5.32 Å². The van der Waals surface area contributed by atoms with Crippen molar-refractivity contribution >= 4 is 0 Å². The first kappa shape index (κ1) is 9.37. The van der Waals surface area contributed by atoms with E-state index in [1.165, 1.54) is 31.2 Å². The van der Waals surface area contributed by atoms with E-state index in [4.69, 9.17) is 4.74 Å². The van der Waals surface area contributed by atoms with Crippen LogP contribution in [0.1, 0.15) is 37.5 Å². The van der Waals surface area contributed by atoms with Gasteiger partial charge in [0.2, 0.25) is 0 Å². The van der Waals surface area contributed by atoms with Crippen LogP contribution < -0.4 is 5.32 Å². The van der Waals surface area contributed by atoms with Gasteiger partial charge in [0.15, 0.2) is 0 Å². The number of fused-ring (bicyclic) bond motifs is 1. The lowest BCUT2D eigenvalue weighted by Crippen LogP contribution is -2.33. The SMILES string of the molecule is c1ccc(C2N[C@H]3CCCC[C@H]3O2)cc1. The van der Waals surface area contributed by atoms with Gasteiger partial charge in [0, 0.05) is 6.04 Å². The third kappa shape index (κ3) is 1.80. The monoisotopic (exact) mass is 203 g/mol. The number of benzene rings is 1. The summed E-state index contributed by atoms with van der Waals surface area (Å²) < 4.78 is 6.04. The summed E-state index contributed by atoms with van der Waals surface area (Å²) in [6, 6.07) is 11.0. The van der Waals surface area contributed by atoms with Gasteiger partial charge in [0.1, 0.15) is 6.23 Å². The molecule has 3 atom stereocenters. The van der Waals surface area contributed by atoms with Crippen LogP contribution in [0.15, 0.2) is 30.3 Å². The van der Waals surface area contributed by atoms with E-state index in [1.807, 2.05) is 6.07 Å². The third-order valence-electron chi connectivity index (χ3n) is 3.48. The smallest absolute Gasteiger partial charge is 0.135 e. The van der Waals surface area contributed by atoms with Crippen molar-refractivity contribution in [1.29, 1.82) is 0 Å². The van der Waals surface area contributed by atoms with Gasteiger partial charge in [0.25, 0.3) is 0 Å². The van der Waals surface area contributed by atoms with E-state index in [1.54, 1.807) is 0 Å². The Hall–Kier alpha value is -0.860. The number of hydrogen-bond acceptors (Lipinski definition) is 2. The summed E-state index contributed by atoms with van der Waals surface area (Å²) in [5.74, 6) is 0. The van der Waals surface area contributed by atoms with Crippen LogP contribution in [0.25, 0.3) is 0 Å². The minimum absolute atomic E-state index is 0.124. The molecule has 1 aliphatic heterocycles. The Morgan fingerprint density at radius 3 is 2.67 bits per heavy atom. The van der Waals surface area contributed by atoms with E-state index in [0.717, 1.165) is 0 Å². The lowest BCUT2D eigenvalue weighted by atomic mass is 9.93. The molecule has 1 saturated carbocycles. The summed E-state index contributed by atoms with van der Waals surface area (Å²) in [7, 11) is 0. The first-order valence-electron chi connectivity index (χ1n) is 5.90. The van der Waals surface area contributed by atoms with Crippen LogP contribution >= 0.6 is 0 Å². The first-order valence-corrected chi connectivity index (χ1v) is 5.90. The average molecular weight is 203 g/mol. The van der Waals surface area contributed by atoms with Crippen molar-refractivity contribution in [3.05, 3.63) is 35.9 Å². The van der Waals surface area contributed by atoms with E-state index >= 15 is 0 Å². The van der Waals surface area contributed by atoms with Crippen LogP contribution in [0, 0.1) is 0 Å². The molecule has 1 saturated heterocycles. The molecule has 1 aromatic carbocycles. The van der Waals surface area contributed by atoms with Crippen LogP contribution in [0.5, 0.6) is 0 Å². The Bertz CT molecular complexity index is 311. The second-order valence-corrected chi connectivity index (χ2v) is 4.52. The fourth-order valence-electron chi connectivity index (χ4n) is 2.66. The maximum absolute atomic E-state index is 6.04. The Morgan fingerprint density at radius 2 is 1.87 bits per heavy atom. The van der Waals surface area contributed by atoms with E-state index in [0.29, 0.717) is 12.1 Å². The van der Waals surface area contributed by atoms with E-state index in [-0.39, 0.29) is 6.23 Å². The van der Waals surface area contributed by atoms with Crippen LogP contribution in [0.3, 0.4) is 0 Å². The molecule has 0 spiro atoms. The minimum Gasteiger partial charge on any atom is -0.354 e. The molecule has 80 valence electrons. The van der Waals surface area contributed by atoms with Crippen molar-refractivity contribution in [2.45, 2.75) is 44.1 Å². The molecule has 0 bridgehead atoms. The average Bonchev–Trinajstić information content (AvgIpc) is 2.74. The first-order chi connectivity index (χ1) is 7.43. The van der Waals surface area contributed by atoms with Crippen molar-refractivity contribution in [2.75, 3.05) is 0 Å². The zero-order valence-corrected chi connectivity index (χ0v) is 8.86. The third-order valence-corrected chi connectivity index (χ3v) is 3.48. The van der Waals surface area contributed by atoms with Gasteiger partial charge in [-0.05, 0) is 18.4 Å². The van der Waals surface area contributed by atoms with E-state index in [2.05, 4.69) is 29.6 Å². The molecule has 0 amide bonds. The predicted molar refractivity (Wildman–Crippen MR) is 59.4 cm³/mol. The van der Waals surface area contributed by atoms with Crippen LogP contribution in [-0.2, 0) is 4.74 Å². The molecule has 1 aromatic rings. The fraction of sp³-hybridized carbons (Fsp3) is 0.538. The molecule has 1 unspecified atom stereocenters. The Morgan fingerprint density at radius 1 is 1.07 bits per heavy atom. The molecular weight excluding hydrogens is 186 g/mol. The summed E-state index contributed by atoms with van der Waals surface area (Å²) in [5, 5.41) is 3.59. The molecule has 2 heteroatoms. The summed E-state index contributed by atoms with van der Waals surface area (Å²) in [5.41, 5.74) is 1.26. The lowest BCUT2D eigenvalue weighted by Gasteiger charge is -2.22. The highest BCUT2D eigenvalue weighted by molar-refractivity contribution is 5.18. The quantitative estimate of drug-likeness (QED) is 0.757. The molecular formula is C13H17NO. The molecule has 0 aromatic heterocycles. The number of nitrogens with one attached hydrogen (secondary N) is 1. The molecule has 15 heavy (non-hydrogen) atoms. The van der Waals surface area contributed by atoms with Crippen LogP contribution in [-0.4, -0.2) is 12.1 Å². The normalized spacial score (nSPS) is 35.1. The lowest BCUT2D eigenvalue weighted by molar-refractivity contribution is 0.0246. The zero-order chi connectivity index (χ0) is 10.1. The van der Waals surface area contributed by atoms with Crippen molar-refractivity contribution in [3.63, 3.8) is 0 Å². The standard InChI is InChI=1S/C13H17NO/c1-2-6-10(7-3-1)13-14-11-8-4-5-9-12(11)15-13/h1-3,6-7,11-14H,4-5,8-9H2/t11-,12+,13?/m0/s1. The fourth-order valence-corrected chi connectivity index (χ4v) is 2.66. The van der Waals surface area contributed by atoms with E-state index in [9.17, 15) is 0 Å². The van der Waals surface area contributed by atoms with Gasteiger partial charge in [-0.25, -0.2) is 0 Å². The van der Waals surface area contributed by atoms with Gasteiger partial charge in [-0.2, -0.15) is 0 Å². The second kappa shape index (κ2) is 3.95. The zero-order valence-electron chi connectivity index (χ0n) is 8.86. The summed E-state index contributed by atoms with van der Waals surface area (Å²) >= 11 is 0. The molecule has 2 fully saturated rings. The van der Waals surface area contributed by atoms with Gasteiger partial charge < -0.3 is 4.74 Å². The topological polar surface area (TPSA) is 21.3 Å². The maximum atomic E-state index is 6.04. The van der Waals surface area contributed by atoms with Crippen molar-refractivity contribution in [2.24, 2.45) is 0 Å². The van der Waals surface area contributed by atoms with Crippen molar-refractivity contribution in [1.82, 2.24) is 5.32 Å². The predicted octanol–water partition coefficient (Wildman–Crippen LogP) is 2.62. The van der Waals surface area contributed by atoms with Gasteiger partial charge in [-0.15, -0.1) is 0 Å². The summed E-state index contributed by atoms with van der Waals surface area (Å²) in [4.78, 5) is 0.